The average molecular weight is 480 g/mol. The molecule has 5 nitrogen and oxygen atoms in total. The van der Waals surface area contributed by atoms with E-state index in [-0.39, 0.29) is 29.9 Å². The van der Waals surface area contributed by atoms with Crippen LogP contribution in [-0.4, -0.2) is 44.5 Å². The minimum Gasteiger partial charge on any atom is -0.356 e. The molecule has 0 atom stereocenters. The normalized spacial score (nSPS) is 10.7. The van der Waals surface area contributed by atoms with Crippen LogP contribution < -0.4 is 10.6 Å². The molecule has 0 saturated carbocycles. The fourth-order valence-corrected chi connectivity index (χ4v) is 2.57. The Hall–Kier alpha value is -2.09. The summed E-state index contributed by atoms with van der Waals surface area (Å²) in [7, 11) is 5.28. The first-order valence-electron chi connectivity index (χ1n) is 8.89. The van der Waals surface area contributed by atoms with Crippen molar-refractivity contribution in [3.8, 4) is 0 Å². The summed E-state index contributed by atoms with van der Waals surface area (Å²) in [4.78, 5) is 17.7. The van der Waals surface area contributed by atoms with Gasteiger partial charge in [-0.1, -0.05) is 42.5 Å². The van der Waals surface area contributed by atoms with Gasteiger partial charge in [0.15, 0.2) is 5.96 Å². The number of nitrogens with zero attached hydrogens (tertiary/aromatic N) is 2. The molecule has 0 unspecified atom stereocenters. The summed E-state index contributed by atoms with van der Waals surface area (Å²) >= 11 is 0. The van der Waals surface area contributed by atoms with Gasteiger partial charge in [0.2, 0.25) is 0 Å². The quantitative estimate of drug-likeness (QED) is 0.277. The molecule has 0 heterocycles. The maximum atomic E-state index is 11.9. The average Bonchev–Trinajstić information content (AvgIpc) is 2.68. The summed E-state index contributed by atoms with van der Waals surface area (Å²) in [5.74, 6) is 0.798. The lowest BCUT2D eigenvalue weighted by Crippen LogP contribution is -2.37. The zero-order valence-electron chi connectivity index (χ0n) is 16.2. The lowest BCUT2D eigenvalue weighted by atomic mass is 10.1. The van der Waals surface area contributed by atoms with E-state index in [9.17, 15) is 4.79 Å². The van der Waals surface area contributed by atoms with E-state index >= 15 is 0 Å². The first-order chi connectivity index (χ1) is 12.6. The van der Waals surface area contributed by atoms with Crippen LogP contribution in [0.4, 0.5) is 0 Å². The van der Waals surface area contributed by atoms with Gasteiger partial charge in [-0.05, 0) is 36.1 Å². The van der Waals surface area contributed by atoms with E-state index in [1.165, 1.54) is 5.56 Å². The van der Waals surface area contributed by atoms with Crippen molar-refractivity contribution in [3.05, 3.63) is 71.3 Å². The van der Waals surface area contributed by atoms with Gasteiger partial charge in [-0.3, -0.25) is 9.79 Å². The second-order valence-corrected chi connectivity index (χ2v) is 6.34. The second kappa shape index (κ2) is 12.3. The molecule has 0 bridgehead atoms. The van der Waals surface area contributed by atoms with Crippen molar-refractivity contribution >= 4 is 35.8 Å². The van der Waals surface area contributed by atoms with Crippen LogP contribution in [0.1, 0.15) is 27.9 Å². The third-order valence-corrected chi connectivity index (χ3v) is 4.07. The number of nitrogens with one attached hydrogen (secondary N) is 2. The molecule has 0 aliphatic heterocycles. The lowest BCUT2D eigenvalue weighted by Gasteiger charge is -2.13. The third kappa shape index (κ3) is 7.99. The Morgan fingerprint density at radius 3 is 2.22 bits per heavy atom. The van der Waals surface area contributed by atoms with Crippen molar-refractivity contribution in [1.82, 2.24) is 15.5 Å². The molecule has 6 heteroatoms. The zero-order valence-corrected chi connectivity index (χ0v) is 18.6. The number of benzene rings is 2. The number of aryl methyl sites for hydroxylation is 1. The number of guanidine groups is 1. The maximum absolute atomic E-state index is 11.9. The van der Waals surface area contributed by atoms with Crippen LogP contribution in [0.5, 0.6) is 0 Å². The Bertz CT molecular complexity index is 715. The Balaban J connectivity index is 0.00000364. The van der Waals surface area contributed by atoms with E-state index in [0.717, 1.165) is 30.9 Å². The smallest absolute Gasteiger partial charge is 0.253 e. The van der Waals surface area contributed by atoms with E-state index < -0.39 is 0 Å². The topological polar surface area (TPSA) is 56.7 Å². The Kier molecular flexibility index (Phi) is 10.5. The van der Waals surface area contributed by atoms with Crippen molar-refractivity contribution in [1.29, 1.82) is 0 Å². The molecule has 0 aliphatic rings. The van der Waals surface area contributed by atoms with Crippen LogP contribution >= 0.6 is 24.0 Å². The predicted molar refractivity (Wildman–Crippen MR) is 123 cm³/mol. The number of carbonyl (C=O) groups is 1. The highest BCUT2D eigenvalue weighted by molar-refractivity contribution is 14.0. The van der Waals surface area contributed by atoms with Crippen molar-refractivity contribution in [2.45, 2.75) is 19.4 Å². The number of aliphatic imine (C=N–C) groups is 1. The van der Waals surface area contributed by atoms with Gasteiger partial charge >= 0.3 is 0 Å². The minimum absolute atomic E-state index is 0. The van der Waals surface area contributed by atoms with E-state index in [2.05, 4.69) is 39.9 Å². The summed E-state index contributed by atoms with van der Waals surface area (Å²) in [5.41, 5.74) is 3.15. The molecule has 27 heavy (non-hydrogen) atoms. The molecule has 0 aliphatic carbocycles. The van der Waals surface area contributed by atoms with E-state index in [4.69, 9.17) is 0 Å². The fourth-order valence-electron chi connectivity index (χ4n) is 2.57. The number of rotatable bonds is 7. The first kappa shape index (κ1) is 23.0. The number of hydrogen-bond acceptors (Lipinski definition) is 2. The van der Waals surface area contributed by atoms with Gasteiger partial charge in [-0.15, -0.1) is 24.0 Å². The van der Waals surface area contributed by atoms with Gasteiger partial charge in [0, 0.05) is 39.8 Å². The van der Waals surface area contributed by atoms with Crippen molar-refractivity contribution < 1.29 is 4.79 Å². The minimum atomic E-state index is 0. The van der Waals surface area contributed by atoms with E-state index in [0.29, 0.717) is 12.1 Å². The standard InChI is InChI=1S/C21H28N4O.HI/c1-22-21(23-15-7-10-17-8-5-4-6-9-17)24-16-18-11-13-19(14-12-18)20(26)25(2)3;/h4-6,8-9,11-14H,7,10,15-16H2,1-3H3,(H2,22,23,24);1H. The summed E-state index contributed by atoms with van der Waals surface area (Å²) in [6.45, 7) is 1.53. The third-order valence-electron chi connectivity index (χ3n) is 4.07. The molecule has 0 fully saturated rings. The fraction of sp³-hybridized carbons (Fsp3) is 0.333. The molecule has 0 spiro atoms. The van der Waals surface area contributed by atoms with Gasteiger partial charge in [-0.2, -0.15) is 0 Å². The zero-order chi connectivity index (χ0) is 18.8. The molecule has 1 amide bonds. The number of halogens is 1. The molecule has 2 rings (SSSR count). The largest absolute Gasteiger partial charge is 0.356 e. The van der Waals surface area contributed by atoms with Gasteiger partial charge < -0.3 is 15.5 Å². The van der Waals surface area contributed by atoms with Crippen LogP contribution in [0.3, 0.4) is 0 Å². The molecular weight excluding hydrogens is 451 g/mol. The van der Waals surface area contributed by atoms with Gasteiger partial charge in [0.05, 0.1) is 0 Å². The summed E-state index contributed by atoms with van der Waals surface area (Å²) in [6, 6.07) is 18.1. The SMILES string of the molecule is CN=C(NCCCc1ccccc1)NCc1ccc(C(=O)N(C)C)cc1.I. The number of hydrogen-bond donors (Lipinski definition) is 2. The summed E-state index contributed by atoms with van der Waals surface area (Å²) in [6.07, 6.45) is 2.10. The molecule has 0 aromatic heterocycles. The molecule has 0 saturated heterocycles. The van der Waals surface area contributed by atoms with Crippen LogP contribution in [0.15, 0.2) is 59.6 Å². The molecule has 2 aromatic carbocycles. The summed E-state index contributed by atoms with van der Waals surface area (Å²) in [5, 5.41) is 6.63. The highest BCUT2D eigenvalue weighted by Crippen LogP contribution is 2.06. The van der Waals surface area contributed by atoms with E-state index in [1.807, 2.05) is 30.3 Å². The van der Waals surface area contributed by atoms with Crippen LogP contribution in [0.2, 0.25) is 0 Å². The van der Waals surface area contributed by atoms with Crippen molar-refractivity contribution in [2.24, 2.45) is 4.99 Å². The predicted octanol–water partition coefficient (Wildman–Crippen LogP) is 3.30. The van der Waals surface area contributed by atoms with Crippen molar-refractivity contribution in [2.75, 3.05) is 27.7 Å². The van der Waals surface area contributed by atoms with E-state index in [1.54, 1.807) is 26.0 Å². The highest BCUT2D eigenvalue weighted by atomic mass is 127. The maximum Gasteiger partial charge on any atom is 0.253 e. The van der Waals surface area contributed by atoms with Crippen LogP contribution in [0.25, 0.3) is 0 Å². The Labute approximate surface area is 179 Å². The van der Waals surface area contributed by atoms with Gasteiger partial charge in [-0.25, -0.2) is 0 Å². The van der Waals surface area contributed by atoms with Crippen molar-refractivity contribution in [3.63, 3.8) is 0 Å². The molecule has 0 radical (unpaired) electrons. The monoisotopic (exact) mass is 480 g/mol. The highest BCUT2D eigenvalue weighted by Gasteiger charge is 2.07. The number of amides is 1. The van der Waals surface area contributed by atoms with Gasteiger partial charge in [0.25, 0.3) is 5.91 Å². The first-order valence-corrected chi connectivity index (χ1v) is 8.89. The molecule has 2 N–H and O–H groups in total. The van der Waals surface area contributed by atoms with Crippen LogP contribution in [0, 0.1) is 0 Å². The molecule has 2 aromatic rings. The lowest BCUT2D eigenvalue weighted by molar-refractivity contribution is 0.0827. The molecule has 146 valence electrons. The summed E-state index contributed by atoms with van der Waals surface area (Å²) < 4.78 is 0. The molecular formula is C21H29IN4O. The van der Waals surface area contributed by atoms with Gasteiger partial charge in [0.1, 0.15) is 0 Å². The number of carbonyl (C=O) groups excluding carboxylic acids is 1. The Morgan fingerprint density at radius 2 is 1.63 bits per heavy atom. The van der Waals surface area contributed by atoms with Crippen LogP contribution in [-0.2, 0) is 13.0 Å². The Morgan fingerprint density at radius 1 is 0.963 bits per heavy atom. The second-order valence-electron chi connectivity index (χ2n) is 6.34.